The van der Waals surface area contributed by atoms with E-state index in [4.69, 9.17) is 10.8 Å². The Hall–Kier alpha value is -2.50. The molecule has 1 aromatic carbocycles. The number of nitrogens with zero attached hydrogens (tertiary/aromatic N) is 3. The van der Waals surface area contributed by atoms with Gasteiger partial charge in [0.25, 0.3) is 5.78 Å². The molecule has 0 radical (unpaired) electrons. The second-order valence-corrected chi connectivity index (χ2v) is 2.67. The zero-order chi connectivity index (χ0) is 11.1. The molecule has 0 bridgehead atoms. The standard InChI is InChI=1S/C11H7N3O/c12-8-10(14-13)11(15)7-6-9-4-2-1-3-5-9/h1-7H/b7-6+. The van der Waals surface area contributed by atoms with Gasteiger partial charge in [-0.05, 0) is 11.6 Å². The van der Waals surface area contributed by atoms with Gasteiger partial charge in [0, 0.05) is 0 Å². The molecule has 15 heavy (non-hydrogen) atoms. The highest BCUT2D eigenvalue weighted by molar-refractivity contribution is 6.47. The maximum atomic E-state index is 11.2. The minimum atomic E-state index is -0.621. The van der Waals surface area contributed by atoms with Crippen LogP contribution in [0.4, 0.5) is 0 Å². The highest BCUT2D eigenvalue weighted by Crippen LogP contribution is 2.00. The third-order valence-corrected chi connectivity index (χ3v) is 1.67. The van der Waals surface area contributed by atoms with E-state index < -0.39 is 11.5 Å². The topological polar surface area (TPSA) is 77.3 Å². The van der Waals surface area contributed by atoms with E-state index in [9.17, 15) is 4.79 Å². The van der Waals surface area contributed by atoms with E-state index in [1.54, 1.807) is 6.08 Å². The van der Waals surface area contributed by atoms with Crippen molar-refractivity contribution in [3.63, 3.8) is 0 Å². The van der Waals surface area contributed by atoms with Crippen LogP contribution in [0.2, 0.25) is 0 Å². The molecule has 0 spiro atoms. The molecule has 0 saturated carbocycles. The first-order valence-electron chi connectivity index (χ1n) is 4.17. The summed E-state index contributed by atoms with van der Waals surface area (Å²) in [7, 11) is 0. The molecule has 0 aliphatic heterocycles. The first-order chi connectivity index (χ1) is 7.27. The third-order valence-electron chi connectivity index (χ3n) is 1.67. The van der Waals surface area contributed by atoms with E-state index in [1.807, 2.05) is 30.3 Å². The van der Waals surface area contributed by atoms with E-state index in [0.29, 0.717) is 0 Å². The molecule has 0 unspecified atom stereocenters. The van der Waals surface area contributed by atoms with Crippen molar-refractivity contribution in [1.29, 1.82) is 5.26 Å². The summed E-state index contributed by atoms with van der Waals surface area (Å²) in [5.74, 6) is -0.621. The van der Waals surface area contributed by atoms with Gasteiger partial charge in [0.15, 0.2) is 6.07 Å². The average Bonchev–Trinajstić information content (AvgIpc) is 2.29. The van der Waals surface area contributed by atoms with Gasteiger partial charge in [-0.1, -0.05) is 36.4 Å². The fourth-order valence-electron chi connectivity index (χ4n) is 0.942. The van der Waals surface area contributed by atoms with E-state index in [1.165, 1.54) is 12.1 Å². The molecule has 0 amide bonds. The fourth-order valence-corrected chi connectivity index (χ4v) is 0.942. The molecule has 0 N–H and O–H groups in total. The molecule has 0 aliphatic carbocycles. The van der Waals surface area contributed by atoms with Crippen LogP contribution in [-0.2, 0) is 4.79 Å². The Bertz CT molecular complexity index is 476. The SMILES string of the molecule is N#CC(=[N+]=[N-])C(=O)/C=C/c1ccccc1. The van der Waals surface area contributed by atoms with Gasteiger partial charge in [0.05, 0.1) is 0 Å². The number of allylic oxidation sites excluding steroid dienone is 1. The van der Waals surface area contributed by atoms with Crippen LogP contribution in [0.5, 0.6) is 0 Å². The Morgan fingerprint density at radius 2 is 2.07 bits per heavy atom. The number of carbonyl (C=O) groups excluding carboxylic acids is 1. The third kappa shape index (κ3) is 3.03. The number of carbonyl (C=O) groups is 1. The van der Waals surface area contributed by atoms with Crippen LogP contribution in [0.3, 0.4) is 0 Å². The highest BCUT2D eigenvalue weighted by Gasteiger charge is 2.14. The summed E-state index contributed by atoms with van der Waals surface area (Å²) in [4.78, 5) is 13.8. The van der Waals surface area contributed by atoms with Crippen molar-refractivity contribution in [2.75, 3.05) is 0 Å². The van der Waals surface area contributed by atoms with Crippen molar-refractivity contribution in [1.82, 2.24) is 0 Å². The Morgan fingerprint density at radius 3 is 2.60 bits per heavy atom. The van der Waals surface area contributed by atoms with Gasteiger partial charge < -0.3 is 5.53 Å². The zero-order valence-corrected chi connectivity index (χ0v) is 7.79. The summed E-state index contributed by atoms with van der Waals surface area (Å²) in [6.45, 7) is 0. The van der Waals surface area contributed by atoms with Crippen molar-refractivity contribution < 1.29 is 9.58 Å². The molecular weight excluding hydrogens is 190 g/mol. The molecule has 4 nitrogen and oxygen atoms in total. The lowest BCUT2D eigenvalue weighted by atomic mass is 10.1. The number of benzene rings is 1. The van der Waals surface area contributed by atoms with E-state index in [0.717, 1.165) is 5.56 Å². The van der Waals surface area contributed by atoms with E-state index >= 15 is 0 Å². The first-order valence-corrected chi connectivity index (χ1v) is 4.17. The minimum absolute atomic E-state index is 0.526. The van der Waals surface area contributed by atoms with Crippen molar-refractivity contribution >= 4 is 17.6 Å². The summed E-state index contributed by atoms with van der Waals surface area (Å²) >= 11 is 0. The smallest absolute Gasteiger partial charge is 0.360 e. The van der Waals surface area contributed by atoms with Gasteiger partial charge in [0.1, 0.15) is 0 Å². The largest absolute Gasteiger partial charge is 0.438 e. The van der Waals surface area contributed by atoms with Gasteiger partial charge >= 0.3 is 5.71 Å². The monoisotopic (exact) mass is 197 g/mol. The summed E-state index contributed by atoms with van der Waals surface area (Å²) < 4.78 is 0. The van der Waals surface area contributed by atoms with Crippen LogP contribution in [-0.4, -0.2) is 16.3 Å². The predicted molar refractivity (Wildman–Crippen MR) is 54.7 cm³/mol. The zero-order valence-electron chi connectivity index (χ0n) is 7.79. The number of hydrogen-bond donors (Lipinski definition) is 0. The lowest BCUT2D eigenvalue weighted by Gasteiger charge is -1.88. The lowest BCUT2D eigenvalue weighted by Crippen LogP contribution is -2.09. The molecule has 0 aromatic heterocycles. The van der Waals surface area contributed by atoms with Crippen molar-refractivity contribution in [2.24, 2.45) is 0 Å². The molecule has 72 valence electrons. The predicted octanol–water partition coefficient (Wildman–Crippen LogP) is 1.46. The van der Waals surface area contributed by atoms with Crippen molar-refractivity contribution in [3.8, 4) is 6.07 Å². The van der Waals surface area contributed by atoms with Gasteiger partial charge in [0.2, 0.25) is 0 Å². The number of rotatable bonds is 3. The second-order valence-electron chi connectivity index (χ2n) is 2.67. The molecular formula is C11H7N3O. The van der Waals surface area contributed by atoms with Crippen LogP contribution < -0.4 is 0 Å². The average molecular weight is 197 g/mol. The molecule has 4 heteroatoms. The van der Waals surface area contributed by atoms with Crippen molar-refractivity contribution in [3.05, 3.63) is 47.5 Å². The number of nitriles is 1. The van der Waals surface area contributed by atoms with Crippen LogP contribution in [0.25, 0.3) is 11.6 Å². The summed E-state index contributed by atoms with van der Waals surface area (Å²) in [5, 5.41) is 8.40. The van der Waals surface area contributed by atoms with Crippen LogP contribution >= 0.6 is 0 Å². The number of ketones is 1. The van der Waals surface area contributed by atoms with Gasteiger partial charge in [-0.2, -0.15) is 10.1 Å². The van der Waals surface area contributed by atoms with Gasteiger partial charge in [-0.25, -0.2) is 0 Å². The normalized spacial score (nSPS) is 9.27. The van der Waals surface area contributed by atoms with E-state index in [-0.39, 0.29) is 0 Å². The Labute approximate surface area is 86.7 Å². The molecule has 1 rings (SSSR count). The molecule has 0 atom stereocenters. The van der Waals surface area contributed by atoms with Crippen LogP contribution in [0, 0.1) is 11.3 Å². The highest BCUT2D eigenvalue weighted by atomic mass is 16.1. The van der Waals surface area contributed by atoms with E-state index in [2.05, 4.69) is 4.79 Å². The van der Waals surface area contributed by atoms with Gasteiger partial charge in [-0.15, -0.1) is 0 Å². The maximum Gasteiger partial charge on any atom is 0.438 e. The quantitative estimate of drug-likeness (QED) is 0.318. The summed E-state index contributed by atoms with van der Waals surface area (Å²) in [6.07, 6.45) is 2.73. The lowest BCUT2D eigenvalue weighted by molar-refractivity contribution is -0.112. The Balaban J connectivity index is 2.81. The summed E-state index contributed by atoms with van der Waals surface area (Å²) in [6, 6.07) is 10.6. The maximum absolute atomic E-state index is 11.2. The Morgan fingerprint density at radius 1 is 1.40 bits per heavy atom. The molecule has 0 heterocycles. The fraction of sp³-hybridized carbons (Fsp3) is 0. The second kappa shape index (κ2) is 5.28. The first kappa shape index (κ1) is 10.6. The minimum Gasteiger partial charge on any atom is -0.360 e. The molecule has 1 aromatic rings. The Kier molecular flexibility index (Phi) is 3.72. The number of hydrogen-bond acceptors (Lipinski definition) is 2. The summed E-state index contributed by atoms with van der Waals surface area (Å²) in [5.41, 5.74) is 8.61. The molecule has 0 fully saturated rings. The van der Waals surface area contributed by atoms with Gasteiger partial charge in [-0.3, -0.25) is 4.79 Å². The van der Waals surface area contributed by atoms with Crippen molar-refractivity contribution in [2.45, 2.75) is 0 Å². The molecule has 0 saturated heterocycles. The molecule has 0 aliphatic rings. The van der Waals surface area contributed by atoms with Crippen LogP contribution in [0.1, 0.15) is 5.56 Å². The van der Waals surface area contributed by atoms with Crippen LogP contribution in [0.15, 0.2) is 36.4 Å².